The van der Waals surface area contributed by atoms with Crippen molar-refractivity contribution in [3.63, 3.8) is 0 Å². The standard InChI is InChI=1S/C10H17N3O/c14-8-3-10-9-11-4-7-13(10)12-5-1-2-6-12/h3,10-11H,1-2,4-7,9H2. The molecule has 0 saturated carbocycles. The van der Waals surface area contributed by atoms with Crippen LogP contribution in [0.2, 0.25) is 0 Å². The molecule has 2 aliphatic rings. The van der Waals surface area contributed by atoms with Gasteiger partial charge >= 0.3 is 0 Å². The van der Waals surface area contributed by atoms with E-state index in [9.17, 15) is 4.79 Å². The van der Waals surface area contributed by atoms with Crippen molar-refractivity contribution in [2.75, 3.05) is 32.7 Å². The van der Waals surface area contributed by atoms with Crippen molar-refractivity contribution in [3.05, 3.63) is 6.08 Å². The molecule has 1 atom stereocenters. The summed E-state index contributed by atoms with van der Waals surface area (Å²) in [6.45, 7) is 5.17. The minimum absolute atomic E-state index is 0.208. The lowest BCUT2D eigenvalue weighted by Gasteiger charge is -2.39. The van der Waals surface area contributed by atoms with Gasteiger partial charge in [0.05, 0.1) is 6.04 Å². The third kappa shape index (κ3) is 2.04. The first-order chi connectivity index (χ1) is 6.92. The number of rotatable bonds is 2. The molecule has 0 aromatic carbocycles. The second-order valence-corrected chi connectivity index (χ2v) is 3.88. The Bertz CT molecular complexity index is 232. The summed E-state index contributed by atoms with van der Waals surface area (Å²) in [6, 6.07) is 0.208. The number of nitrogens with zero attached hydrogens (tertiary/aromatic N) is 2. The first-order valence-corrected chi connectivity index (χ1v) is 5.35. The van der Waals surface area contributed by atoms with Crippen molar-refractivity contribution >= 4 is 5.94 Å². The molecule has 78 valence electrons. The molecule has 2 rings (SSSR count). The number of hydrogen-bond donors (Lipinski definition) is 1. The van der Waals surface area contributed by atoms with Gasteiger partial charge in [0.25, 0.3) is 0 Å². The Kier molecular flexibility index (Phi) is 3.32. The van der Waals surface area contributed by atoms with E-state index < -0.39 is 0 Å². The molecule has 4 nitrogen and oxygen atoms in total. The molecule has 2 saturated heterocycles. The van der Waals surface area contributed by atoms with Crippen LogP contribution in [0.1, 0.15) is 12.8 Å². The molecule has 1 N–H and O–H groups in total. The van der Waals surface area contributed by atoms with Gasteiger partial charge in [-0.3, -0.25) is 0 Å². The molecule has 0 aromatic rings. The number of hydrogen-bond acceptors (Lipinski definition) is 4. The summed E-state index contributed by atoms with van der Waals surface area (Å²) in [4.78, 5) is 10.4. The number of nitrogens with one attached hydrogen (secondary N) is 1. The van der Waals surface area contributed by atoms with Gasteiger partial charge in [-0.25, -0.2) is 14.8 Å². The van der Waals surface area contributed by atoms with E-state index in [0.29, 0.717) is 0 Å². The maximum absolute atomic E-state index is 10.4. The lowest BCUT2D eigenvalue weighted by molar-refractivity contribution is -0.0384. The highest BCUT2D eigenvalue weighted by molar-refractivity contribution is 5.46. The first-order valence-electron chi connectivity index (χ1n) is 5.35. The number of carbonyl (C=O) groups excluding carboxylic acids is 1. The Morgan fingerprint density at radius 3 is 2.79 bits per heavy atom. The molecule has 1 unspecified atom stereocenters. The summed E-state index contributed by atoms with van der Waals surface area (Å²) in [7, 11) is 0. The zero-order chi connectivity index (χ0) is 9.80. The van der Waals surface area contributed by atoms with Crippen LogP contribution in [0.4, 0.5) is 0 Å². The van der Waals surface area contributed by atoms with Crippen molar-refractivity contribution in [1.82, 2.24) is 15.3 Å². The lowest BCUT2D eigenvalue weighted by Crippen LogP contribution is -2.56. The van der Waals surface area contributed by atoms with Gasteiger partial charge in [-0.05, 0) is 12.8 Å². The largest absolute Gasteiger partial charge is 0.313 e. The summed E-state index contributed by atoms with van der Waals surface area (Å²) < 4.78 is 0. The van der Waals surface area contributed by atoms with Crippen LogP contribution in [0.25, 0.3) is 0 Å². The van der Waals surface area contributed by atoms with E-state index in [1.807, 2.05) is 5.94 Å². The normalized spacial score (nSPS) is 30.1. The van der Waals surface area contributed by atoms with Crippen LogP contribution in [0.3, 0.4) is 0 Å². The average Bonchev–Trinajstić information content (AvgIpc) is 2.72. The molecule has 0 aromatic heterocycles. The number of piperazine rings is 1. The van der Waals surface area contributed by atoms with Crippen molar-refractivity contribution < 1.29 is 4.79 Å². The third-order valence-corrected chi connectivity index (χ3v) is 2.96. The second-order valence-electron chi connectivity index (χ2n) is 3.88. The molecule has 0 aliphatic carbocycles. The van der Waals surface area contributed by atoms with Crippen molar-refractivity contribution in [1.29, 1.82) is 0 Å². The van der Waals surface area contributed by atoms with Gasteiger partial charge in [-0.15, -0.1) is 0 Å². The Balaban J connectivity index is 2.01. The van der Waals surface area contributed by atoms with Crippen LogP contribution in [-0.2, 0) is 4.79 Å². The Morgan fingerprint density at radius 1 is 1.29 bits per heavy atom. The van der Waals surface area contributed by atoms with Crippen LogP contribution >= 0.6 is 0 Å². The van der Waals surface area contributed by atoms with Crippen LogP contribution < -0.4 is 5.32 Å². The van der Waals surface area contributed by atoms with E-state index in [-0.39, 0.29) is 6.04 Å². The quantitative estimate of drug-likeness (QED) is 0.611. The topological polar surface area (TPSA) is 35.6 Å². The highest BCUT2D eigenvalue weighted by atomic mass is 16.1. The summed E-state index contributed by atoms with van der Waals surface area (Å²) in [6.07, 6.45) is 4.19. The van der Waals surface area contributed by atoms with Crippen LogP contribution in [0.5, 0.6) is 0 Å². The van der Waals surface area contributed by atoms with Crippen LogP contribution in [-0.4, -0.2) is 54.7 Å². The zero-order valence-corrected chi connectivity index (χ0v) is 8.41. The van der Waals surface area contributed by atoms with E-state index in [0.717, 1.165) is 32.7 Å². The fourth-order valence-corrected chi connectivity index (χ4v) is 2.25. The van der Waals surface area contributed by atoms with Gasteiger partial charge in [0.1, 0.15) is 5.94 Å². The molecule has 2 fully saturated rings. The van der Waals surface area contributed by atoms with E-state index in [1.165, 1.54) is 12.8 Å². The molecule has 14 heavy (non-hydrogen) atoms. The highest BCUT2D eigenvalue weighted by Crippen LogP contribution is 2.15. The summed E-state index contributed by atoms with van der Waals surface area (Å²) in [5.74, 6) is 1.91. The Labute approximate surface area is 84.5 Å². The zero-order valence-electron chi connectivity index (χ0n) is 8.41. The lowest BCUT2D eigenvalue weighted by atomic mass is 10.2. The molecule has 2 heterocycles. The summed E-state index contributed by atoms with van der Waals surface area (Å²) in [5, 5.41) is 7.98. The van der Waals surface area contributed by atoms with Crippen LogP contribution in [0.15, 0.2) is 6.08 Å². The highest BCUT2D eigenvalue weighted by Gasteiger charge is 2.27. The van der Waals surface area contributed by atoms with E-state index >= 15 is 0 Å². The molecule has 2 aliphatic heterocycles. The average molecular weight is 195 g/mol. The maximum atomic E-state index is 10.4. The van der Waals surface area contributed by atoms with Crippen molar-refractivity contribution in [2.24, 2.45) is 0 Å². The predicted octanol–water partition coefficient (Wildman–Crippen LogP) is -0.341. The van der Waals surface area contributed by atoms with Gasteiger partial charge in [0.15, 0.2) is 0 Å². The molecule has 0 spiro atoms. The fraction of sp³-hybridized carbons (Fsp3) is 0.800. The minimum Gasteiger partial charge on any atom is -0.313 e. The van der Waals surface area contributed by atoms with Gasteiger partial charge in [-0.1, -0.05) is 0 Å². The molecule has 0 amide bonds. The molecule has 0 bridgehead atoms. The second kappa shape index (κ2) is 4.71. The molecular formula is C10H17N3O. The third-order valence-electron chi connectivity index (χ3n) is 2.96. The van der Waals surface area contributed by atoms with Gasteiger partial charge < -0.3 is 5.32 Å². The van der Waals surface area contributed by atoms with Crippen molar-refractivity contribution in [3.8, 4) is 0 Å². The predicted molar refractivity (Wildman–Crippen MR) is 54.4 cm³/mol. The van der Waals surface area contributed by atoms with Gasteiger partial charge in [0.2, 0.25) is 0 Å². The van der Waals surface area contributed by atoms with E-state index in [2.05, 4.69) is 15.3 Å². The Morgan fingerprint density at radius 2 is 2.07 bits per heavy atom. The van der Waals surface area contributed by atoms with E-state index in [4.69, 9.17) is 0 Å². The first kappa shape index (κ1) is 9.87. The smallest absolute Gasteiger partial charge is 0.121 e. The number of hydrazine groups is 1. The van der Waals surface area contributed by atoms with Gasteiger partial charge in [-0.2, -0.15) is 0 Å². The minimum atomic E-state index is 0.208. The SMILES string of the molecule is O=C=CC1CNCCN1N1CCCC1. The van der Waals surface area contributed by atoms with Crippen molar-refractivity contribution in [2.45, 2.75) is 18.9 Å². The summed E-state index contributed by atoms with van der Waals surface area (Å²) >= 11 is 0. The van der Waals surface area contributed by atoms with E-state index in [1.54, 1.807) is 6.08 Å². The Hall–Kier alpha value is -0.670. The summed E-state index contributed by atoms with van der Waals surface area (Å²) in [5.41, 5.74) is 0. The van der Waals surface area contributed by atoms with Gasteiger partial charge in [0, 0.05) is 38.8 Å². The maximum Gasteiger partial charge on any atom is 0.121 e. The van der Waals surface area contributed by atoms with Crippen LogP contribution in [0, 0.1) is 0 Å². The molecule has 4 heteroatoms. The molecular weight excluding hydrogens is 178 g/mol. The molecule has 0 radical (unpaired) electrons. The fourth-order valence-electron chi connectivity index (χ4n) is 2.25. The monoisotopic (exact) mass is 195 g/mol.